The summed E-state index contributed by atoms with van der Waals surface area (Å²) < 4.78 is 0. The number of hydrogen-bond donors (Lipinski definition) is 2. The topological polar surface area (TPSA) is 93.2 Å². The number of aliphatic hydroxyl groups is 1. The predicted octanol–water partition coefficient (Wildman–Crippen LogP) is 1.20. The average Bonchev–Trinajstić information content (AvgIpc) is 3.16. The molecule has 8 nitrogen and oxygen atoms in total. The van der Waals surface area contributed by atoms with Gasteiger partial charge in [-0.05, 0) is 29.7 Å². The molecule has 2 atom stereocenters. The SMILES string of the molecule is CC(=O)Nc1ccc(CN2CC3(C2)C(=O)N(Cc2ccccc2)C(=O)[C@@H]2C[C@@H](O)CN23)cc1. The zero-order chi connectivity index (χ0) is 23.2. The summed E-state index contributed by atoms with van der Waals surface area (Å²) in [5.41, 5.74) is 1.97. The van der Waals surface area contributed by atoms with Gasteiger partial charge in [0.05, 0.1) is 18.7 Å². The molecule has 8 heteroatoms. The second kappa shape index (κ2) is 8.37. The van der Waals surface area contributed by atoms with Crippen LogP contribution in [0.25, 0.3) is 0 Å². The maximum Gasteiger partial charge on any atom is 0.252 e. The Labute approximate surface area is 192 Å². The summed E-state index contributed by atoms with van der Waals surface area (Å²) in [5, 5.41) is 13.1. The van der Waals surface area contributed by atoms with Crippen molar-refractivity contribution in [1.82, 2.24) is 14.7 Å². The van der Waals surface area contributed by atoms with Crippen molar-refractivity contribution >= 4 is 23.4 Å². The Balaban J connectivity index is 1.32. The summed E-state index contributed by atoms with van der Waals surface area (Å²) in [6.45, 7) is 3.78. The van der Waals surface area contributed by atoms with Gasteiger partial charge in [-0.2, -0.15) is 0 Å². The van der Waals surface area contributed by atoms with Crippen LogP contribution in [0.5, 0.6) is 0 Å². The quantitative estimate of drug-likeness (QED) is 0.668. The van der Waals surface area contributed by atoms with Gasteiger partial charge < -0.3 is 10.4 Å². The number of rotatable bonds is 5. The molecule has 3 saturated heterocycles. The van der Waals surface area contributed by atoms with Crippen molar-refractivity contribution in [3.8, 4) is 0 Å². The van der Waals surface area contributed by atoms with Gasteiger partial charge in [-0.3, -0.25) is 29.1 Å². The second-order valence-corrected chi connectivity index (χ2v) is 9.33. The van der Waals surface area contributed by atoms with Crippen molar-refractivity contribution in [2.24, 2.45) is 0 Å². The van der Waals surface area contributed by atoms with Crippen LogP contribution in [-0.4, -0.2) is 74.8 Å². The molecule has 33 heavy (non-hydrogen) atoms. The highest BCUT2D eigenvalue weighted by atomic mass is 16.3. The zero-order valence-electron chi connectivity index (χ0n) is 18.6. The minimum Gasteiger partial charge on any atom is -0.392 e. The van der Waals surface area contributed by atoms with Crippen molar-refractivity contribution in [3.05, 3.63) is 65.7 Å². The van der Waals surface area contributed by atoms with E-state index in [1.165, 1.54) is 11.8 Å². The standard InChI is InChI=1S/C25H28N4O4/c1-17(30)26-20-9-7-19(8-10-20)12-27-15-25(16-27)24(33)28(13-18-5-3-2-4-6-18)23(32)22-11-21(31)14-29(22)25/h2-10,21-22,31H,11-16H2,1H3,(H,26,30)/t21-,22+/m1/s1. The fourth-order valence-corrected chi connectivity index (χ4v) is 5.37. The van der Waals surface area contributed by atoms with Crippen molar-refractivity contribution in [3.63, 3.8) is 0 Å². The third kappa shape index (κ3) is 3.94. The first-order valence-electron chi connectivity index (χ1n) is 11.3. The van der Waals surface area contributed by atoms with Crippen LogP contribution >= 0.6 is 0 Å². The zero-order valence-corrected chi connectivity index (χ0v) is 18.6. The smallest absolute Gasteiger partial charge is 0.252 e. The number of likely N-dealkylation sites (tertiary alicyclic amines) is 1. The van der Waals surface area contributed by atoms with Gasteiger partial charge in [0, 0.05) is 38.8 Å². The number of carbonyl (C=O) groups is 3. The normalized spacial score (nSPS) is 24.6. The van der Waals surface area contributed by atoms with E-state index >= 15 is 0 Å². The lowest BCUT2D eigenvalue weighted by molar-refractivity contribution is -0.181. The molecule has 5 rings (SSSR count). The van der Waals surface area contributed by atoms with Gasteiger partial charge in [0.15, 0.2) is 0 Å². The van der Waals surface area contributed by atoms with Crippen molar-refractivity contribution in [2.75, 3.05) is 25.0 Å². The van der Waals surface area contributed by atoms with E-state index in [1.807, 2.05) is 59.5 Å². The van der Waals surface area contributed by atoms with Gasteiger partial charge in [-0.15, -0.1) is 0 Å². The number of carbonyl (C=O) groups excluding carboxylic acids is 3. The van der Waals surface area contributed by atoms with Crippen LogP contribution in [0.2, 0.25) is 0 Å². The number of amides is 3. The first-order chi connectivity index (χ1) is 15.9. The third-order valence-corrected chi connectivity index (χ3v) is 6.86. The van der Waals surface area contributed by atoms with E-state index < -0.39 is 17.7 Å². The third-order valence-electron chi connectivity index (χ3n) is 6.86. The Bertz CT molecular complexity index is 1070. The van der Waals surface area contributed by atoms with E-state index in [9.17, 15) is 19.5 Å². The maximum absolute atomic E-state index is 13.7. The van der Waals surface area contributed by atoms with Gasteiger partial charge in [-0.25, -0.2) is 0 Å². The molecule has 2 N–H and O–H groups in total. The molecule has 0 unspecified atom stereocenters. The molecule has 0 saturated carbocycles. The minimum absolute atomic E-state index is 0.111. The largest absolute Gasteiger partial charge is 0.392 e. The Morgan fingerprint density at radius 2 is 1.70 bits per heavy atom. The average molecular weight is 449 g/mol. The molecular formula is C25H28N4O4. The molecule has 3 aliphatic rings. The number of fused-ring (bicyclic) bond motifs is 2. The van der Waals surface area contributed by atoms with E-state index in [1.54, 1.807) is 0 Å². The molecule has 3 amide bonds. The number of nitrogens with zero attached hydrogens (tertiary/aromatic N) is 3. The highest BCUT2D eigenvalue weighted by Crippen LogP contribution is 2.41. The summed E-state index contributed by atoms with van der Waals surface area (Å²) in [6, 6.07) is 16.7. The number of imide groups is 1. The molecule has 0 radical (unpaired) electrons. The van der Waals surface area contributed by atoms with Crippen LogP contribution in [0.4, 0.5) is 5.69 Å². The van der Waals surface area contributed by atoms with Gasteiger partial charge >= 0.3 is 0 Å². The molecule has 2 aromatic carbocycles. The summed E-state index contributed by atoms with van der Waals surface area (Å²) in [6.07, 6.45) is -0.236. The van der Waals surface area contributed by atoms with Crippen LogP contribution in [0.3, 0.4) is 0 Å². The maximum atomic E-state index is 13.7. The van der Waals surface area contributed by atoms with E-state index in [4.69, 9.17) is 0 Å². The van der Waals surface area contributed by atoms with Crippen molar-refractivity contribution in [2.45, 2.75) is 44.1 Å². The monoisotopic (exact) mass is 448 g/mol. The molecule has 3 aliphatic heterocycles. The van der Waals surface area contributed by atoms with Gasteiger partial charge in [-0.1, -0.05) is 42.5 Å². The Morgan fingerprint density at radius 1 is 1.03 bits per heavy atom. The summed E-state index contributed by atoms with van der Waals surface area (Å²) in [7, 11) is 0. The van der Waals surface area contributed by atoms with E-state index in [2.05, 4.69) is 10.2 Å². The van der Waals surface area contributed by atoms with Crippen molar-refractivity contribution in [1.29, 1.82) is 0 Å². The lowest BCUT2D eigenvalue weighted by Crippen LogP contribution is -2.81. The number of hydrogen-bond acceptors (Lipinski definition) is 6. The lowest BCUT2D eigenvalue weighted by Gasteiger charge is -2.58. The Kier molecular flexibility index (Phi) is 5.52. The van der Waals surface area contributed by atoms with Gasteiger partial charge in [0.25, 0.3) is 5.91 Å². The molecule has 172 valence electrons. The number of piperazine rings is 1. The van der Waals surface area contributed by atoms with Gasteiger partial charge in [0.2, 0.25) is 11.8 Å². The van der Waals surface area contributed by atoms with Crippen LogP contribution in [-0.2, 0) is 27.5 Å². The summed E-state index contributed by atoms with van der Waals surface area (Å²) >= 11 is 0. The highest BCUT2D eigenvalue weighted by molar-refractivity contribution is 6.06. The summed E-state index contributed by atoms with van der Waals surface area (Å²) in [4.78, 5) is 43.6. The molecule has 3 fully saturated rings. The lowest BCUT2D eigenvalue weighted by atomic mass is 9.82. The molecule has 0 aliphatic carbocycles. The number of nitrogens with one attached hydrogen (secondary N) is 1. The van der Waals surface area contributed by atoms with E-state index in [0.29, 0.717) is 32.6 Å². The number of β-amino-alcohol motifs (C(OH)–C–C–N with tert-alkyl or cyclic N) is 1. The Morgan fingerprint density at radius 3 is 2.36 bits per heavy atom. The fraction of sp³-hybridized carbons (Fsp3) is 0.400. The minimum atomic E-state index is -0.777. The van der Waals surface area contributed by atoms with Crippen molar-refractivity contribution < 1.29 is 19.5 Å². The predicted molar refractivity (Wildman–Crippen MR) is 122 cm³/mol. The number of aliphatic hydroxyl groups excluding tert-OH is 1. The van der Waals surface area contributed by atoms with Crippen LogP contribution in [0.15, 0.2) is 54.6 Å². The van der Waals surface area contributed by atoms with Crippen LogP contribution < -0.4 is 5.32 Å². The van der Waals surface area contributed by atoms with E-state index in [0.717, 1.165) is 16.8 Å². The van der Waals surface area contributed by atoms with Crippen LogP contribution in [0, 0.1) is 0 Å². The Hall–Kier alpha value is -3.07. The van der Waals surface area contributed by atoms with Crippen LogP contribution in [0.1, 0.15) is 24.5 Å². The second-order valence-electron chi connectivity index (χ2n) is 9.33. The number of benzene rings is 2. The molecule has 3 heterocycles. The number of anilines is 1. The fourth-order valence-electron chi connectivity index (χ4n) is 5.37. The highest BCUT2D eigenvalue weighted by Gasteiger charge is 2.64. The molecule has 0 aromatic heterocycles. The first-order valence-corrected chi connectivity index (χ1v) is 11.3. The molecular weight excluding hydrogens is 420 g/mol. The molecule has 0 bridgehead atoms. The summed E-state index contributed by atoms with van der Waals surface area (Å²) in [5.74, 6) is -0.489. The van der Waals surface area contributed by atoms with E-state index in [-0.39, 0.29) is 24.3 Å². The first kappa shape index (κ1) is 21.8. The van der Waals surface area contributed by atoms with Gasteiger partial charge in [0.1, 0.15) is 5.54 Å². The molecule has 2 aromatic rings. The molecule has 1 spiro atoms.